The first-order chi connectivity index (χ1) is 10.6. The van der Waals surface area contributed by atoms with Crippen LogP contribution in [0.3, 0.4) is 0 Å². The predicted octanol–water partition coefficient (Wildman–Crippen LogP) is 3.99. The van der Waals surface area contributed by atoms with Gasteiger partial charge in [0.25, 0.3) is 5.91 Å². The topological polar surface area (TPSA) is 32.3 Å². The average Bonchev–Trinajstić information content (AvgIpc) is 2.52. The lowest BCUT2D eigenvalue weighted by Gasteiger charge is -2.44. The summed E-state index contributed by atoms with van der Waals surface area (Å²) in [6.07, 6.45) is 6.33. The third-order valence-corrected chi connectivity index (χ3v) is 5.48. The van der Waals surface area contributed by atoms with Gasteiger partial charge < -0.3 is 10.2 Å². The number of halogens is 2. The lowest BCUT2D eigenvalue weighted by molar-refractivity contribution is 0.0575. The van der Waals surface area contributed by atoms with Gasteiger partial charge in [0.2, 0.25) is 0 Å². The van der Waals surface area contributed by atoms with Gasteiger partial charge in [-0.1, -0.05) is 29.6 Å². The van der Waals surface area contributed by atoms with E-state index < -0.39 is 0 Å². The van der Waals surface area contributed by atoms with E-state index in [1.807, 2.05) is 0 Å². The van der Waals surface area contributed by atoms with Crippen molar-refractivity contribution in [3.05, 3.63) is 33.8 Å². The van der Waals surface area contributed by atoms with Gasteiger partial charge in [-0.2, -0.15) is 0 Å². The second-order valence-corrected chi connectivity index (χ2v) is 7.18. The van der Waals surface area contributed by atoms with Gasteiger partial charge in [-0.3, -0.25) is 4.79 Å². The predicted molar refractivity (Wildman–Crippen MR) is 90.7 cm³/mol. The summed E-state index contributed by atoms with van der Waals surface area (Å²) in [4.78, 5) is 14.9. The smallest absolute Gasteiger partial charge is 0.252 e. The molecule has 2 saturated heterocycles. The molecule has 3 nitrogen and oxygen atoms in total. The van der Waals surface area contributed by atoms with Crippen LogP contribution in [0, 0.1) is 5.92 Å². The van der Waals surface area contributed by atoms with Crippen LogP contribution in [0.25, 0.3) is 0 Å². The number of piperidine rings is 2. The van der Waals surface area contributed by atoms with Crippen molar-refractivity contribution in [2.75, 3.05) is 19.6 Å². The maximum atomic E-state index is 12.3. The fourth-order valence-corrected chi connectivity index (χ4v) is 4.30. The molecule has 0 radical (unpaired) electrons. The fraction of sp³-hybridized carbons (Fsp3) is 0.588. The van der Waals surface area contributed by atoms with Crippen molar-refractivity contribution < 1.29 is 4.79 Å². The van der Waals surface area contributed by atoms with E-state index in [0.717, 1.165) is 6.54 Å². The standard InChI is InChI=1S/C17H22Cl2N2O/c18-13-6-7-14(15(19)10-13)17(22)20-11-12-4-3-9-21-8-2-1-5-16(12)21/h6-7,10,12,16H,1-5,8-9,11H2,(H,20,22)/t12-,16+/m1/s1. The third kappa shape index (κ3) is 3.58. The Morgan fingerprint density at radius 1 is 1.18 bits per heavy atom. The summed E-state index contributed by atoms with van der Waals surface area (Å²) in [6, 6.07) is 5.64. The number of hydrogen-bond donors (Lipinski definition) is 1. The van der Waals surface area contributed by atoms with Crippen molar-refractivity contribution in [1.82, 2.24) is 10.2 Å². The van der Waals surface area contributed by atoms with Gasteiger partial charge >= 0.3 is 0 Å². The SMILES string of the molecule is O=C(NC[C@H]1CCCN2CCCC[C@@H]12)c1ccc(Cl)cc1Cl. The highest BCUT2D eigenvalue weighted by molar-refractivity contribution is 6.36. The monoisotopic (exact) mass is 340 g/mol. The maximum Gasteiger partial charge on any atom is 0.252 e. The molecule has 1 N–H and O–H groups in total. The Morgan fingerprint density at radius 3 is 2.82 bits per heavy atom. The Kier molecular flexibility index (Phi) is 5.27. The van der Waals surface area contributed by atoms with Crippen LogP contribution in [0.4, 0.5) is 0 Å². The highest BCUT2D eigenvalue weighted by Gasteiger charge is 2.33. The van der Waals surface area contributed by atoms with E-state index in [4.69, 9.17) is 23.2 Å². The number of nitrogens with one attached hydrogen (secondary N) is 1. The molecule has 5 heteroatoms. The van der Waals surface area contributed by atoms with E-state index >= 15 is 0 Å². The number of benzene rings is 1. The molecule has 2 atom stereocenters. The van der Waals surface area contributed by atoms with Crippen molar-refractivity contribution >= 4 is 29.1 Å². The van der Waals surface area contributed by atoms with Crippen molar-refractivity contribution in [2.24, 2.45) is 5.92 Å². The summed E-state index contributed by atoms with van der Waals surface area (Å²) < 4.78 is 0. The number of nitrogens with zero attached hydrogens (tertiary/aromatic N) is 1. The fourth-order valence-electron chi connectivity index (χ4n) is 3.81. The molecule has 0 unspecified atom stereocenters. The van der Waals surface area contributed by atoms with E-state index in [-0.39, 0.29) is 5.91 Å². The van der Waals surface area contributed by atoms with Gasteiger partial charge in [-0.25, -0.2) is 0 Å². The molecule has 2 aliphatic rings. The molecule has 120 valence electrons. The first-order valence-electron chi connectivity index (χ1n) is 8.12. The maximum absolute atomic E-state index is 12.3. The molecule has 1 aromatic rings. The summed E-state index contributed by atoms with van der Waals surface area (Å²) >= 11 is 12.0. The lowest BCUT2D eigenvalue weighted by atomic mass is 9.83. The van der Waals surface area contributed by atoms with Crippen LogP contribution < -0.4 is 5.32 Å². The van der Waals surface area contributed by atoms with Crippen LogP contribution in [-0.2, 0) is 0 Å². The molecule has 0 bridgehead atoms. The van der Waals surface area contributed by atoms with Crippen molar-refractivity contribution in [3.8, 4) is 0 Å². The first kappa shape index (κ1) is 16.1. The van der Waals surface area contributed by atoms with Crippen molar-refractivity contribution in [2.45, 2.75) is 38.1 Å². The zero-order chi connectivity index (χ0) is 15.5. The van der Waals surface area contributed by atoms with Gasteiger partial charge in [0, 0.05) is 17.6 Å². The van der Waals surface area contributed by atoms with E-state index in [1.165, 1.54) is 45.2 Å². The van der Waals surface area contributed by atoms with Gasteiger partial charge in [0.15, 0.2) is 0 Å². The molecule has 1 aromatic carbocycles. The zero-order valence-electron chi connectivity index (χ0n) is 12.7. The Bertz CT molecular complexity index is 547. The lowest BCUT2D eigenvalue weighted by Crippen LogP contribution is -2.51. The zero-order valence-corrected chi connectivity index (χ0v) is 14.2. The number of hydrogen-bond acceptors (Lipinski definition) is 2. The largest absolute Gasteiger partial charge is 0.352 e. The molecule has 0 spiro atoms. The Labute approximate surface area is 142 Å². The normalized spacial score (nSPS) is 25.5. The molecule has 0 saturated carbocycles. The summed E-state index contributed by atoms with van der Waals surface area (Å²) in [7, 11) is 0. The molecule has 1 amide bonds. The molecule has 0 aliphatic carbocycles. The molecular weight excluding hydrogens is 319 g/mol. The summed E-state index contributed by atoms with van der Waals surface area (Å²) in [5.74, 6) is 0.457. The van der Waals surface area contributed by atoms with Crippen LogP contribution >= 0.6 is 23.2 Å². The van der Waals surface area contributed by atoms with Gasteiger partial charge in [0.1, 0.15) is 0 Å². The molecule has 2 fully saturated rings. The minimum absolute atomic E-state index is 0.102. The van der Waals surface area contributed by atoms with Crippen LogP contribution in [0.1, 0.15) is 42.5 Å². The minimum atomic E-state index is -0.102. The molecule has 22 heavy (non-hydrogen) atoms. The van der Waals surface area contributed by atoms with E-state index in [2.05, 4.69) is 10.2 Å². The Morgan fingerprint density at radius 2 is 2.00 bits per heavy atom. The highest BCUT2D eigenvalue weighted by Crippen LogP contribution is 2.30. The van der Waals surface area contributed by atoms with Crippen LogP contribution in [-0.4, -0.2) is 36.5 Å². The second-order valence-electron chi connectivity index (χ2n) is 6.34. The van der Waals surface area contributed by atoms with Gasteiger partial charge in [-0.15, -0.1) is 0 Å². The number of carbonyl (C=O) groups is 1. The molecule has 2 aliphatic heterocycles. The van der Waals surface area contributed by atoms with Crippen LogP contribution in [0.2, 0.25) is 10.0 Å². The molecule has 2 heterocycles. The second kappa shape index (κ2) is 7.20. The molecular formula is C17H22Cl2N2O. The number of carbonyl (C=O) groups excluding carboxylic acids is 1. The third-order valence-electron chi connectivity index (χ3n) is 4.93. The van der Waals surface area contributed by atoms with Crippen LogP contribution in [0.5, 0.6) is 0 Å². The van der Waals surface area contributed by atoms with Crippen molar-refractivity contribution in [1.29, 1.82) is 0 Å². The minimum Gasteiger partial charge on any atom is -0.352 e. The first-order valence-corrected chi connectivity index (χ1v) is 8.88. The van der Waals surface area contributed by atoms with Crippen LogP contribution in [0.15, 0.2) is 18.2 Å². The number of rotatable bonds is 3. The van der Waals surface area contributed by atoms with E-state index in [1.54, 1.807) is 18.2 Å². The molecule has 3 rings (SSSR count). The van der Waals surface area contributed by atoms with E-state index in [9.17, 15) is 4.79 Å². The van der Waals surface area contributed by atoms with Gasteiger partial charge in [-0.05, 0) is 62.9 Å². The highest BCUT2D eigenvalue weighted by atomic mass is 35.5. The Hall–Kier alpha value is -0.770. The quantitative estimate of drug-likeness (QED) is 0.902. The number of fused-ring (bicyclic) bond motifs is 1. The average molecular weight is 341 g/mol. The van der Waals surface area contributed by atoms with Gasteiger partial charge in [0.05, 0.1) is 10.6 Å². The Balaban J connectivity index is 1.60. The summed E-state index contributed by atoms with van der Waals surface area (Å²) in [5, 5.41) is 4.03. The van der Waals surface area contributed by atoms with Crippen molar-refractivity contribution in [3.63, 3.8) is 0 Å². The van der Waals surface area contributed by atoms with E-state index in [0.29, 0.717) is 27.6 Å². The molecule has 0 aromatic heterocycles. The number of amides is 1. The summed E-state index contributed by atoms with van der Waals surface area (Å²) in [6.45, 7) is 3.18. The summed E-state index contributed by atoms with van der Waals surface area (Å²) in [5.41, 5.74) is 0.502.